The lowest BCUT2D eigenvalue weighted by molar-refractivity contribution is -0.142. The van der Waals surface area contributed by atoms with Gasteiger partial charge in [0.05, 0.1) is 25.0 Å². The van der Waals surface area contributed by atoms with Crippen molar-refractivity contribution in [3.05, 3.63) is 0 Å². The molecule has 66 valence electrons. The fourth-order valence-corrected chi connectivity index (χ4v) is 1.76. The Morgan fingerprint density at radius 2 is 1.83 bits per heavy atom. The molecular formula is C7H10N2O3. The number of aliphatic hydroxyl groups is 1. The Morgan fingerprint density at radius 3 is 2.25 bits per heavy atom. The highest BCUT2D eigenvalue weighted by molar-refractivity contribution is 6.10. The van der Waals surface area contributed by atoms with E-state index in [0.717, 1.165) is 4.90 Å². The molecule has 0 radical (unpaired) electrons. The minimum Gasteiger partial charge on any atom is -0.395 e. The summed E-state index contributed by atoms with van der Waals surface area (Å²) in [6.07, 6.45) is 0. The van der Waals surface area contributed by atoms with E-state index in [4.69, 9.17) is 10.8 Å². The van der Waals surface area contributed by atoms with E-state index >= 15 is 0 Å². The second-order valence-electron chi connectivity index (χ2n) is 3.18. The number of hydrogen-bond donors (Lipinski definition) is 2. The van der Waals surface area contributed by atoms with Crippen LogP contribution in [0, 0.1) is 11.8 Å². The van der Waals surface area contributed by atoms with Crippen molar-refractivity contribution in [3.63, 3.8) is 0 Å². The largest absolute Gasteiger partial charge is 0.395 e. The standard InChI is InChI=1S/C7H10N2O3/c8-5-3-4(5)7(12)9(1-2-10)6(3)11/h3-5,10H,1-2,8H2. The van der Waals surface area contributed by atoms with Gasteiger partial charge in [0, 0.05) is 6.04 Å². The lowest BCUT2D eigenvalue weighted by atomic mass is 10.3. The zero-order chi connectivity index (χ0) is 8.88. The fourth-order valence-electron chi connectivity index (χ4n) is 1.76. The third-order valence-electron chi connectivity index (χ3n) is 2.50. The van der Waals surface area contributed by atoms with Crippen LogP contribution in [0.5, 0.6) is 0 Å². The lowest BCUT2D eigenvalue weighted by Gasteiger charge is -2.15. The number of aliphatic hydroxyl groups excluding tert-OH is 1. The van der Waals surface area contributed by atoms with Gasteiger partial charge >= 0.3 is 0 Å². The summed E-state index contributed by atoms with van der Waals surface area (Å²) >= 11 is 0. The molecule has 2 unspecified atom stereocenters. The number of amides is 2. The zero-order valence-electron chi connectivity index (χ0n) is 6.43. The first-order chi connectivity index (χ1) is 5.68. The number of nitrogens with two attached hydrogens (primary N) is 1. The van der Waals surface area contributed by atoms with Crippen LogP contribution in [0.1, 0.15) is 0 Å². The van der Waals surface area contributed by atoms with Crippen LogP contribution in [0.4, 0.5) is 0 Å². The van der Waals surface area contributed by atoms with Crippen molar-refractivity contribution >= 4 is 11.8 Å². The van der Waals surface area contributed by atoms with Gasteiger partial charge in [-0.2, -0.15) is 0 Å². The molecule has 0 aromatic rings. The molecule has 12 heavy (non-hydrogen) atoms. The van der Waals surface area contributed by atoms with Gasteiger partial charge in [0.15, 0.2) is 0 Å². The predicted octanol–water partition coefficient (Wildman–Crippen LogP) is -2.08. The Labute approximate surface area is 69.1 Å². The molecule has 0 bridgehead atoms. The molecule has 1 heterocycles. The average molecular weight is 170 g/mol. The quantitative estimate of drug-likeness (QED) is 0.466. The highest BCUT2D eigenvalue weighted by Gasteiger charge is 2.65. The molecule has 0 aromatic heterocycles. The van der Waals surface area contributed by atoms with Gasteiger partial charge in [-0.25, -0.2) is 0 Å². The number of fused-ring (bicyclic) bond motifs is 1. The van der Waals surface area contributed by atoms with E-state index in [2.05, 4.69) is 0 Å². The van der Waals surface area contributed by atoms with Gasteiger partial charge < -0.3 is 10.8 Å². The van der Waals surface area contributed by atoms with Gasteiger partial charge in [-0.3, -0.25) is 14.5 Å². The summed E-state index contributed by atoms with van der Waals surface area (Å²) in [6.45, 7) is -0.0659. The van der Waals surface area contributed by atoms with E-state index in [1.807, 2.05) is 0 Å². The second kappa shape index (κ2) is 2.27. The first-order valence-electron chi connectivity index (χ1n) is 3.90. The Balaban J connectivity index is 2.12. The molecule has 2 amide bonds. The first-order valence-corrected chi connectivity index (χ1v) is 3.90. The molecular weight excluding hydrogens is 160 g/mol. The molecule has 5 nitrogen and oxygen atoms in total. The summed E-state index contributed by atoms with van der Waals surface area (Å²) in [6, 6.07) is -0.264. The maximum absolute atomic E-state index is 11.3. The highest BCUT2D eigenvalue weighted by atomic mass is 16.3. The molecule has 1 saturated heterocycles. The van der Waals surface area contributed by atoms with Crippen LogP contribution in [-0.4, -0.2) is 41.0 Å². The van der Waals surface area contributed by atoms with Crippen molar-refractivity contribution in [2.75, 3.05) is 13.2 Å². The van der Waals surface area contributed by atoms with Crippen LogP contribution in [0.15, 0.2) is 0 Å². The second-order valence-corrected chi connectivity index (χ2v) is 3.18. The van der Waals surface area contributed by atoms with Crippen LogP contribution >= 0.6 is 0 Å². The maximum Gasteiger partial charge on any atom is 0.234 e. The summed E-state index contributed by atoms with van der Waals surface area (Å²) < 4.78 is 0. The SMILES string of the molecule is NC1C2C(=O)N(CCO)C(=O)C12. The van der Waals surface area contributed by atoms with Crippen LogP contribution in [0.2, 0.25) is 0 Å². The van der Waals surface area contributed by atoms with E-state index in [0.29, 0.717) is 0 Å². The zero-order valence-corrected chi connectivity index (χ0v) is 6.43. The number of hydrogen-bond acceptors (Lipinski definition) is 4. The van der Waals surface area contributed by atoms with Crippen molar-refractivity contribution in [1.82, 2.24) is 4.90 Å². The summed E-state index contributed by atoms with van der Waals surface area (Å²) in [4.78, 5) is 23.6. The minimum atomic E-state index is -0.288. The molecule has 2 aliphatic rings. The summed E-state index contributed by atoms with van der Waals surface area (Å²) in [5.74, 6) is -1.01. The van der Waals surface area contributed by atoms with Crippen LogP contribution in [-0.2, 0) is 9.59 Å². The Bertz CT molecular complexity index is 231. The number of imide groups is 1. The molecule has 2 fully saturated rings. The number of carbonyl (C=O) groups is 2. The van der Waals surface area contributed by atoms with Crippen LogP contribution < -0.4 is 5.73 Å². The molecule has 1 aliphatic carbocycles. The Kier molecular flexibility index (Phi) is 1.46. The lowest BCUT2D eigenvalue weighted by Crippen LogP contribution is -2.39. The summed E-state index contributed by atoms with van der Waals surface area (Å²) in [7, 11) is 0. The third-order valence-corrected chi connectivity index (χ3v) is 2.50. The van der Waals surface area contributed by atoms with Gasteiger partial charge in [-0.05, 0) is 0 Å². The molecule has 1 aliphatic heterocycles. The van der Waals surface area contributed by atoms with E-state index in [1.54, 1.807) is 0 Å². The van der Waals surface area contributed by atoms with E-state index < -0.39 is 0 Å². The van der Waals surface area contributed by atoms with Crippen molar-refractivity contribution in [2.24, 2.45) is 17.6 Å². The first kappa shape index (κ1) is 7.70. The number of β-amino-alcohol motifs (C(OH)–C–C–N with tert-alkyl or cyclic N) is 1. The minimum absolute atomic E-state index is 0.109. The number of nitrogens with zero attached hydrogens (tertiary/aromatic N) is 1. The molecule has 2 atom stereocenters. The predicted molar refractivity (Wildman–Crippen MR) is 38.8 cm³/mol. The third kappa shape index (κ3) is 0.748. The average Bonchev–Trinajstić information content (AvgIpc) is 2.63. The normalized spacial score (nSPS) is 38.8. The molecule has 2 rings (SSSR count). The fraction of sp³-hybridized carbons (Fsp3) is 0.714. The number of piperidine rings is 1. The number of likely N-dealkylation sites (tertiary alicyclic amines) is 1. The van der Waals surface area contributed by atoms with Crippen molar-refractivity contribution in [2.45, 2.75) is 6.04 Å². The Morgan fingerprint density at radius 1 is 1.33 bits per heavy atom. The van der Waals surface area contributed by atoms with Gasteiger partial charge in [0.25, 0.3) is 0 Å². The van der Waals surface area contributed by atoms with E-state index in [9.17, 15) is 9.59 Å². The van der Waals surface area contributed by atoms with Crippen molar-refractivity contribution in [3.8, 4) is 0 Å². The molecule has 5 heteroatoms. The molecule has 3 N–H and O–H groups in total. The molecule has 0 aromatic carbocycles. The van der Waals surface area contributed by atoms with Crippen molar-refractivity contribution in [1.29, 1.82) is 0 Å². The van der Waals surface area contributed by atoms with Crippen LogP contribution in [0.25, 0.3) is 0 Å². The maximum atomic E-state index is 11.3. The van der Waals surface area contributed by atoms with E-state index in [-0.39, 0.29) is 42.8 Å². The monoisotopic (exact) mass is 170 g/mol. The van der Waals surface area contributed by atoms with Gasteiger partial charge in [0.1, 0.15) is 0 Å². The van der Waals surface area contributed by atoms with Gasteiger partial charge in [0.2, 0.25) is 11.8 Å². The summed E-state index contributed by atoms with van der Waals surface area (Å²) in [5.41, 5.74) is 5.48. The smallest absolute Gasteiger partial charge is 0.234 e. The number of rotatable bonds is 2. The highest BCUT2D eigenvalue weighted by Crippen LogP contribution is 2.45. The van der Waals surface area contributed by atoms with Gasteiger partial charge in [-0.15, -0.1) is 0 Å². The Hall–Kier alpha value is -0.940. The van der Waals surface area contributed by atoms with Crippen molar-refractivity contribution < 1.29 is 14.7 Å². The van der Waals surface area contributed by atoms with Gasteiger partial charge in [-0.1, -0.05) is 0 Å². The topological polar surface area (TPSA) is 83.6 Å². The summed E-state index contributed by atoms with van der Waals surface area (Å²) in [5, 5.41) is 8.55. The molecule has 0 spiro atoms. The number of carbonyl (C=O) groups excluding carboxylic acids is 2. The molecule has 1 saturated carbocycles. The van der Waals surface area contributed by atoms with Crippen LogP contribution in [0.3, 0.4) is 0 Å². The van der Waals surface area contributed by atoms with E-state index in [1.165, 1.54) is 0 Å².